The smallest absolute Gasteiger partial charge is 0.243 e. The monoisotopic (exact) mass is 294 g/mol. The van der Waals surface area contributed by atoms with Crippen LogP contribution in [0, 0.1) is 0 Å². The minimum Gasteiger partial charge on any atom is -0.350 e. The quantitative estimate of drug-likeness (QED) is 0.747. The number of fused-ring (bicyclic) bond motifs is 1. The Labute approximate surface area is 109 Å². The van der Waals surface area contributed by atoms with Gasteiger partial charge in [-0.1, -0.05) is 30.3 Å². The average Bonchev–Trinajstić information content (AvgIpc) is 2.68. The lowest BCUT2D eigenvalue weighted by molar-refractivity contribution is 0.104. The van der Waals surface area contributed by atoms with E-state index in [4.69, 9.17) is 0 Å². The maximum absolute atomic E-state index is 10.4. The van der Waals surface area contributed by atoms with Gasteiger partial charge in [0, 0.05) is 5.56 Å². The molecule has 1 aromatic carbocycles. The summed E-state index contributed by atoms with van der Waals surface area (Å²) in [7, 11) is 0. The number of hydrogen-bond acceptors (Lipinski definition) is 5. The highest BCUT2D eigenvalue weighted by atomic mass is 79.9. The summed E-state index contributed by atoms with van der Waals surface area (Å²) in [6, 6.07) is 9.30. The predicted octanol–water partition coefficient (Wildman–Crippen LogP) is 1.69. The lowest BCUT2D eigenvalue weighted by atomic mass is 10.1. The van der Waals surface area contributed by atoms with Gasteiger partial charge in [0.05, 0.1) is 11.9 Å². The molecule has 3 rings (SSSR count). The van der Waals surface area contributed by atoms with Crippen molar-refractivity contribution >= 4 is 28.5 Å². The molecule has 0 radical (unpaired) electrons. The number of anilines is 2. The van der Waals surface area contributed by atoms with Gasteiger partial charge >= 0.3 is 0 Å². The first-order chi connectivity index (χ1) is 7.78. The number of nitrogens with zero attached hydrogens (tertiary/aromatic N) is 2. The van der Waals surface area contributed by atoms with E-state index in [1.54, 1.807) is 6.20 Å². The first-order valence-electron chi connectivity index (χ1n) is 4.92. The minimum absolute atomic E-state index is 0. The molecular formula is C11H11BrN4O. The van der Waals surface area contributed by atoms with Crippen molar-refractivity contribution in [3.05, 3.63) is 48.4 Å². The second-order valence-electron chi connectivity index (χ2n) is 3.61. The highest BCUT2D eigenvalue weighted by Gasteiger charge is 2.36. The van der Waals surface area contributed by atoms with Gasteiger partial charge in [-0.3, -0.25) is 0 Å². The summed E-state index contributed by atoms with van der Waals surface area (Å²) in [4.78, 5) is 7.93. The van der Waals surface area contributed by atoms with Crippen molar-refractivity contribution in [3.63, 3.8) is 0 Å². The molecule has 0 saturated carbocycles. The van der Waals surface area contributed by atoms with Crippen LogP contribution in [0.25, 0.3) is 0 Å². The molecule has 3 N–H and O–H groups in total. The van der Waals surface area contributed by atoms with Crippen LogP contribution in [0.5, 0.6) is 0 Å². The van der Waals surface area contributed by atoms with Gasteiger partial charge in [-0.15, -0.1) is 17.0 Å². The fraction of sp³-hybridized carbons (Fsp3) is 0.0909. The van der Waals surface area contributed by atoms with Crippen molar-refractivity contribution in [1.29, 1.82) is 0 Å². The molecule has 6 heteroatoms. The Morgan fingerprint density at radius 1 is 1.12 bits per heavy atom. The maximum Gasteiger partial charge on any atom is 0.243 e. The molecule has 0 bridgehead atoms. The molecule has 5 nitrogen and oxygen atoms in total. The Kier molecular flexibility index (Phi) is 2.99. The normalized spacial score (nSPS) is 20.8. The zero-order chi connectivity index (χ0) is 11.0. The van der Waals surface area contributed by atoms with Crippen molar-refractivity contribution < 1.29 is 5.11 Å². The largest absolute Gasteiger partial charge is 0.350 e. The van der Waals surface area contributed by atoms with Gasteiger partial charge in [0.2, 0.25) is 5.85 Å². The zero-order valence-corrected chi connectivity index (χ0v) is 10.5. The zero-order valence-electron chi connectivity index (χ0n) is 8.79. The Bertz CT molecular complexity index is 495. The van der Waals surface area contributed by atoms with Crippen molar-refractivity contribution in [3.8, 4) is 0 Å². The molecule has 0 aliphatic carbocycles. The molecule has 2 heterocycles. The van der Waals surface area contributed by atoms with Gasteiger partial charge in [-0.2, -0.15) is 0 Å². The second kappa shape index (κ2) is 4.31. The molecule has 1 aliphatic rings. The summed E-state index contributed by atoms with van der Waals surface area (Å²) >= 11 is 0. The second-order valence-corrected chi connectivity index (χ2v) is 3.61. The summed E-state index contributed by atoms with van der Waals surface area (Å²) in [5, 5.41) is 16.3. The Morgan fingerprint density at radius 2 is 1.88 bits per heavy atom. The van der Waals surface area contributed by atoms with E-state index >= 15 is 0 Å². The van der Waals surface area contributed by atoms with Crippen molar-refractivity contribution in [1.82, 2.24) is 9.97 Å². The van der Waals surface area contributed by atoms with Crippen LogP contribution in [0.15, 0.2) is 42.9 Å². The van der Waals surface area contributed by atoms with Crippen molar-refractivity contribution in [2.24, 2.45) is 0 Å². The number of aromatic nitrogens is 2. The third-order valence-electron chi connectivity index (χ3n) is 2.52. The van der Waals surface area contributed by atoms with Gasteiger partial charge in [-0.05, 0) is 0 Å². The van der Waals surface area contributed by atoms with E-state index in [-0.39, 0.29) is 17.0 Å². The van der Waals surface area contributed by atoms with Crippen LogP contribution in [0.3, 0.4) is 0 Å². The molecule has 0 saturated heterocycles. The van der Waals surface area contributed by atoms with E-state index in [1.165, 1.54) is 6.33 Å². The maximum atomic E-state index is 10.4. The number of halogens is 1. The van der Waals surface area contributed by atoms with Crippen LogP contribution in [0.2, 0.25) is 0 Å². The van der Waals surface area contributed by atoms with Crippen molar-refractivity contribution in [2.45, 2.75) is 5.85 Å². The molecule has 88 valence electrons. The number of benzene rings is 1. The van der Waals surface area contributed by atoms with Crippen LogP contribution in [-0.2, 0) is 5.85 Å². The molecule has 2 aromatic rings. The molecule has 0 amide bonds. The highest BCUT2D eigenvalue weighted by Crippen LogP contribution is 2.35. The number of nitrogens with one attached hydrogen (secondary N) is 2. The van der Waals surface area contributed by atoms with Gasteiger partial charge in [0.25, 0.3) is 0 Å². The highest BCUT2D eigenvalue weighted by molar-refractivity contribution is 8.93. The average molecular weight is 295 g/mol. The van der Waals surface area contributed by atoms with Crippen LogP contribution in [0.4, 0.5) is 11.5 Å². The van der Waals surface area contributed by atoms with E-state index in [0.717, 1.165) is 5.56 Å². The van der Waals surface area contributed by atoms with Crippen molar-refractivity contribution in [2.75, 3.05) is 10.6 Å². The molecule has 0 spiro atoms. The fourth-order valence-corrected chi connectivity index (χ4v) is 1.74. The van der Waals surface area contributed by atoms with E-state index in [0.29, 0.717) is 11.5 Å². The lowest BCUT2D eigenvalue weighted by Crippen LogP contribution is -2.38. The molecule has 1 aromatic heterocycles. The predicted molar refractivity (Wildman–Crippen MR) is 69.9 cm³/mol. The Balaban J connectivity index is 0.00000108. The van der Waals surface area contributed by atoms with Crippen LogP contribution < -0.4 is 10.6 Å². The minimum atomic E-state index is -1.31. The van der Waals surface area contributed by atoms with Gasteiger partial charge in [-0.25, -0.2) is 9.97 Å². The molecule has 1 atom stereocenters. The van der Waals surface area contributed by atoms with Gasteiger partial charge < -0.3 is 15.7 Å². The summed E-state index contributed by atoms with van der Waals surface area (Å²) in [5.74, 6) is -0.707. The Hall–Kier alpha value is -1.66. The molecule has 1 aliphatic heterocycles. The van der Waals surface area contributed by atoms with Gasteiger partial charge in [0.15, 0.2) is 5.82 Å². The third kappa shape index (κ3) is 1.96. The Morgan fingerprint density at radius 3 is 2.59 bits per heavy atom. The third-order valence-corrected chi connectivity index (χ3v) is 2.52. The van der Waals surface area contributed by atoms with Crippen LogP contribution in [-0.4, -0.2) is 15.1 Å². The first kappa shape index (κ1) is 11.8. The molecule has 17 heavy (non-hydrogen) atoms. The van der Waals surface area contributed by atoms with E-state index < -0.39 is 5.85 Å². The van der Waals surface area contributed by atoms with Crippen LogP contribution in [0.1, 0.15) is 5.56 Å². The van der Waals surface area contributed by atoms with Gasteiger partial charge in [0.1, 0.15) is 6.33 Å². The lowest BCUT2D eigenvalue weighted by Gasteiger charge is -2.23. The van der Waals surface area contributed by atoms with E-state index in [9.17, 15) is 5.11 Å². The van der Waals surface area contributed by atoms with Crippen LogP contribution >= 0.6 is 17.0 Å². The summed E-state index contributed by atoms with van der Waals surface area (Å²) < 4.78 is 0. The molecule has 0 fully saturated rings. The summed E-state index contributed by atoms with van der Waals surface area (Å²) in [5.41, 5.74) is 1.42. The molecule has 1 unspecified atom stereocenters. The molecular weight excluding hydrogens is 284 g/mol. The van der Waals surface area contributed by atoms with E-state index in [1.807, 2.05) is 30.3 Å². The number of rotatable bonds is 1. The number of hydrogen-bond donors (Lipinski definition) is 3. The first-order valence-corrected chi connectivity index (χ1v) is 4.92. The SMILES string of the molecule is Br.OC1(c2ccccc2)Nc2cncnc2N1. The standard InChI is InChI=1S/C11H10N4O.BrH/c16-11(8-4-2-1-3-5-8)14-9-6-12-7-13-10(9)15-11;/h1-7,14,16H,(H,12,13,15);1H. The fourth-order valence-electron chi connectivity index (χ4n) is 1.74. The topological polar surface area (TPSA) is 70.1 Å². The van der Waals surface area contributed by atoms with E-state index in [2.05, 4.69) is 20.6 Å². The summed E-state index contributed by atoms with van der Waals surface area (Å²) in [6.07, 6.45) is 3.06. The summed E-state index contributed by atoms with van der Waals surface area (Å²) in [6.45, 7) is 0. The number of aliphatic hydroxyl groups is 1.